The molecule has 2 aromatic carbocycles. The molecular weight excluding hydrogens is 356 g/mol. The van der Waals surface area contributed by atoms with Crippen LogP contribution < -0.4 is 10.2 Å². The first-order chi connectivity index (χ1) is 11.0. The minimum Gasteiger partial charge on any atom is -0.350 e. The van der Waals surface area contributed by atoms with Crippen LogP contribution in [0.2, 0.25) is 0 Å². The van der Waals surface area contributed by atoms with Crippen LogP contribution in [0.1, 0.15) is 18.1 Å². The molecule has 0 atom stereocenters. The average Bonchev–Trinajstić information content (AvgIpc) is 2.51. The molecule has 23 heavy (non-hydrogen) atoms. The Morgan fingerprint density at radius 2 is 1.87 bits per heavy atom. The maximum absolute atomic E-state index is 12.2. The highest BCUT2D eigenvalue weighted by Gasteiger charge is 2.17. The van der Waals surface area contributed by atoms with Crippen molar-refractivity contribution in [3.63, 3.8) is 0 Å². The number of hydrogen-bond acceptors (Lipinski definition) is 2. The number of halogens is 1. The third-order valence-electron chi connectivity index (χ3n) is 3.40. The molecule has 0 aromatic heterocycles. The highest BCUT2D eigenvalue weighted by molar-refractivity contribution is 9.10. The Morgan fingerprint density at radius 1 is 1.13 bits per heavy atom. The summed E-state index contributed by atoms with van der Waals surface area (Å²) in [5.74, 6) is -0.375. The fourth-order valence-corrected chi connectivity index (χ4v) is 2.76. The van der Waals surface area contributed by atoms with Crippen molar-refractivity contribution in [1.82, 2.24) is 5.32 Å². The lowest BCUT2D eigenvalue weighted by atomic mass is 10.1. The van der Waals surface area contributed by atoms with Gasteiger partial charge in [0.1, 0.15) is 6.54 Å². The van der Waals surface area contributed by atoms with E-state index in [2.05, 4.69) is 21.2 Å². The van der Waals surface area contributed by atoms with Crippen molar-refractivity contribution < 1.29 is 9.59 Å². The van der Waals surface area contributed by atoms with Crippen molar-refractivity contribution in [2.24, 2.45) is 0 Å². The molecule has 2 aromatic rings. The number of benzene rings is 2. The number of carbonyl (C=O) groups is 2. The summed E-state index contributed by atoms with van der Waals surface area (Å²) in [6, 6.07) is 15.3. The summed E-state index contributed by atoms with van der Waals surface area (Å²) in [4.78, 5) is 25.5. The minimum absolute atomic E-state index is 0.0102. The largest absolute Gasteiger partial charge is 0.350 e. The molecule has 0 unspecified atom stereocenters. The lowest BCUT2D eigenvalue weighted by molar-refractivity contribution is -0.123. The van der Waals surface area contributed by atoms with Crippen LogP contribution in [0.25, 0.3) is 0 Å². The van der Waals surface area contributed by atoms with E-state index in [1.54, 1.807) is 6.07 Å². The number of anilines is 1. The van der Waals surface area contributed by atoms with Crippen LogP contribution in [0.3, 0.4) is 0 Å². The molecule has 1 N–H and O–H groups in total. The topological polar surface area (TPSA) is 49.4 Å². The van der Waals surface area contributed by atoms with Crippen LogP contribution in [0, 0.1) is 6.92 Å². The zero-order valence-electron chi connectivity index (χ0n) is 13.2. The third kappa shape index (κ3) is 4.93. The number of para-hydroxylation sites is 1. The van der Waals surface area contributed by atoms with E-state index >= 15 is 0 Å². The SMILES string of the molecule is CC(=O)N(CC(=O)NCc1cccc(C)c1)c1ccccc1Br. The summed E-state index contributed by atoms with van der Waals surface area (Å²) in [6.07, 6.45) is 0. The van der Waals surface area contributed by atoms with Gasteiger partial charge in [0.15, 0.2) is 0 Å². The number of rotatable bonds is 5. The van der Waals surface area contributed by atoms with Gasteiger partial charge in [0.2, 0.25) is 11.8 Å². The molecule has 0 bridgehead atoms. The van der Waals surface area contributed by atoms with Crippen molar-refractivity contribution in [2.75, 3.05) is 11.4 Å². The maximum Gasteiger partial charge on any atom is 0.240 e. The second-order valence-corrected chi connectivity index (χ2v) is 6.18. The molecule has 2 rings (SSSR count). The fraction of sp³-hybridized carbons (Fsp3) is 0.222. The van der Waals surface area contributed by atoms with E-state index < -0.39 is 0 Å². The van der Waals surface area contributed by atoms with Crippen molar-refractivity contribution in [1.29, 1.82) is 0 Å². The van der Waals surface area contributed by atoms with Crippen LogP contribution in [0.5, 0.6) is 0 Å². The number of amides is 2. The number of nitrogens with one attached hydrogen (secondary N) is 1. The number of aryl methyl sites for hydroxylation is 1. The Balaban J connectivity index is 2.02. The van der Waals surface area contributed by atoms with Crippen LogP contribution in [-0.2, 0) is 16.1 Å². The molecule has 0 heterocycles. The summed E-state index contributed by atoms with van der Waals surface area (Å²) in [7, 11) is 0. The standard InChI is InChI=1S/C18H19BrN2O2/c1-13-6-5-7-15(10-13)11-20-18(23)12-21(14(2)22)17-9-4-3-8-16(17)19/h3-10H,11-12H2,1-2H3,(H,20,23). The zero-order chi connectivity index (χ0) is 16.8. The highest BCUT2D eigenvalue weighted by atomic mass is 79.9. The Labute approximate surface area is 144 Å². The van der Waals surface area contributed by atoms with Crippen molar-refractivity contribution in [3.05, 3.63) is 64.1 Å². The number of hydrogen-bond donors (Lipinski definition) is 1. The quantitative estimate of drug-likeness (QED) is 0.871. The van der Waals surface area contributed by atoms with Crippen molar-refractivity contribution in [2.45, 2.75) is 20.4 Å². The molecule has 0 aliphatic rings. The van der Waals surface area contributed by atoms with E-state index in [1.165, 1.54) is 11.8 Å². The van der Waals surface area contributed by atoms with Crippen LogP contribution in [0.4, 0.5) is 5.69 Å². The molecule has 0 fully saturated rings. The third-order valence-corrected chi connectivity index (χ3v) is 4.07. The molecule has 0 aliphatic heterocycles. The highest BCUT2D eigenvalue weighted by Crippen LogP contribution is 2.25. The predicted octanol–water partition coefficient (Wildman–Crippen LogP) is 3.43. The second-order valence-electron chi connectivity index (χ2n) is 5.32. The van der Waals surface area contributed by atoms with Gasteiger partial charge in [-0.25, -0.2) is 0 Å². The van der Waals surface area contributed by atoms with Gasteiger partial charge in [-0.1, -0.05) is 42.0 Å². The first-order valence-corrected chi connectivity index (χ1v) is 8.11. The van der Waals surface area contributed by atoms with E-state index in [0.717, 1.165) is 15.6 Å². The summed E-state index contributed by atoms with van der Waals surface area (Å²) < 4.78 is 0.779. The Hall–Kier alpha value is -2.14. The van der Waals surface area contributed by atoms with Gasteiger partial charge < -0.3 is 10.2 Å². The molecule has 2 amide bonds. The maximum atomic E-state index is 12.2. The van der Waals surface area contributed by atoms with E-state index in [0.29, 0.717) is 12.2 Å². The van der Waals surface area contributed by atoms with E-state index in [1.807, 2.05) is 49.4 Å². The summed E-state index contributed by atoms with van der Waals surface area (Å²) in [5.41, 5.74) is 2.87. The first kappa shape index (κ1) is 17.2. The summed E-state index contributed by atoms with van der Waals surface area (Å²) in [5, 5.41) is 2.85. The molecule has 120 valence electrons. The van der Waals surface area contributed by atoms with Crippen LogP contribution in [0.15, 0.2) is 53.0 Å². The Morgan fingerprint density at radius 3 is 2.52 bits per heavy atom. The molecule has 0 saturated heterocycles. The van der Waals surface area contributed by atoms with Crippen LogP contribution in [-0.4, -0.2) is 18.4 Å². The van der Waals surface area contributed by atoms with Gasteiger partial charge in [-0.15, -0.1) is 0 Å². The van der Waals surface area contributed by atoms with E-state index in [4.69, 9.17) is 0 Å². The lowest BCUT2D eigenvalue weighted by Gasteiger charge is -2.22. The van der Waals surface area contributed by atoms with Gasteiger partial charge in [0, 0.05) is 17.9 Å². The molecule has 0 spiro atoms. The van der Waals surface area contributed by atoms with Gasteiger partial charge in [0.25, 0.3) is 0 Å². The van der Waals surface area contributed by atoms with Gasteiger partial charge in [-0.05, 0) is 40.5 Å². The molecule has 0 radical (unpaired) electrons. The monoisotopic (exact) mass is 374 g/mol. The Bertz CT molecular complexity index is 716. The van der Waals surface area contributed by atoms with Crippen molar-refractivity contribution >= 4 is 33.4 Å². The first-order valence-electron chi connectivity index (χ1n) is 7.32. The second kappa shape index (κ2) is 7.92. The van der Waals surface area contributed by atoms with Gasteiger partial charge in [-0.2, -0.15) is 0 Å². The normalized spacial score (nSPS) is 10.2. The van der Waals surface area contributed by atoms with Crippen LogP contribution >= 0.6 is 15.9 Å². The lowest BCUT2D eigenvalue weighted by Crippen LogP contribution is -2.39. The smallest absolute Gasteiger partial charge is 0.240 e. The minimum atomic E-state index is -0.197. The molecule has 5 heteroatoms. The molecule has 4 nitrogen and oxygen atoms in total. The number of nitrogens with zero attached hydrogens (tertiary/aromatic N) is 1. The summed E-state index contributed by atoms with van der Waals surface area (Å²) >= 11 is 3.41. The Kier molecular flexibility index (Phi) is 5.93. The predicted molar refractivity (Wildman–Crippen MR) is 95.2 cm³/mol. The average molecular weight is 375 g/mol. The summed E-state index contributed by atoms with van der Waals surface area (Å²) in [6.45, 7) is 3.90. The fourth-order valence-electron chi connectivity index (χ4n) is 2.26. The molecular formula is C18H19BrN2O2. The van der Waals surface area contributed by atoms with Gasteiger partial charge in [0.05, 0.1) is 5.69 Å². The molecule has 0 saturated carbocycles. The van der Waals surface area contributed by atoms with Gasteiger partial charge in [-0.3, -0.25) is 9.59 Å². The molecule has 0 aliphatic carbocycles. The van der Waals surface area contributed by atoms with Gasteiger partial charge >= 0.3 is 0 Å². The van der Waals surface area contributed by atoms with E-state index in [9.17, 15) is 9.59 Å². The number of carbonyl (C=O) groups excluding carboxylic acids is 2. The van der Waals surface area contributed by atoms with Crippen molar-refractivity contribution in [3.8, 4) is 0 Å². The zero-order valence-corrected chi connectivity index (χ0v) is 14.8. The van der Waals surface area contributed by atoms with E-state index in [-0.39, 0.29) is 18.4 Å².